The van der Waals surface area contributed by atoms with Crippen molar-refractivity contribution in [3.8, 4) is 0 Å². The molecule has 2 N–H and O–H groups in total. The number of benzene rings is 2. The van der Waals surface area contributed by atoms with Crippen LogP contribution >= 0.6 is 16.1 Å². The second-order valence-electron chi connectivity index (χ2n) is 5.73. The van der Waals surface area contributed by atoms with E-state index in [4.69, 9.17) is 0 Å². The van der Waals surface area contributed by atoms with Crippen molar-refractivity contribution in [2.75, 3.05) is 5.12 Å². The standard InChI is InChI=1S/C18H17BrN5S/c1-13-14(2)25-18(20-13)23-21-17(15-9-5-3-6-10-15)22(19)24(23)16-11-7-4-8-12-16/h3-12,17,21H,1H2,2H3/q+1/p+1. The van der Waals surface area contributed by atoms with Crippen molar-refractivity contribution in [2.45, 2.75) is 13.1 Å². The summed E-state index contributed by atoms with van der Waals surface area (Å²) < 4.78 is 2.00. The van der Waals surface area contributed by atoms with E-state index in [1.807, 2.05) is 45.2 Å². The minimum atomic E-state index is -0.0505. The summed E-state index contributed by atoms with van der Waals surface area (Å²) in [6, 6.07) is 20.5. The highest BCUT2D eigenvalue weighted by atomic mass is 79.9. The molecule has 1 atom stereocenters. The fourth-order valence-electron chi connectivity index (χ4n) is 2.72. The van der Waals surface area contributed by atoms with Crippen molar-refractivity contribution < 1.29 is 4.79 Å². The maximum absolute atomic E-state index is 4.06. The first-order valence-corrected chi connectivity index (χ1v) is 9.43. The first-order chi connectivity index (χ1) is 12.1. The Morgan fingerprint density at radius 3 is 2.32 bits per heavy atom. The number of nitrogens with one attached hydrogen (secondary N) is 2. The van der Waals surface area contributed by atoms with Crippen LogP contribution in [0.25, 0.3) is 0 Å². The van der Waals surface area contributed by atoms with Gasteiger partial charge in [0.25, 0.3) is 4.86 Å². The SMILES string of the molecule is C=C1NC(=[N+]2NC(c3ccccc3)N(Br)N2c2ccccc2)[S+]=C1C. The van der Waals surface area contributed by atoms with E-state index in [1.165, 1.54) is 0 Å². The molecule has 1 saturated heterocycles. The lowest BCUT2D eigenvalue weighted by Crippen LogP contribution is -2.43. The predicted molar refractivity (Wildman–Crippen MR) is 108 cm³/mol. The molecule has 2 aliphatic heterocycles. The highest BCUT2D eigenvalue weighted by Crippen LogP contribution is 2.32. The lowest BCUT2D eigenvalue weighted by Gasteiger charge is -2.20. The van der Waals surface area contributed by atoms with E-state index in [9.17, 15) is 0 Å². The number of amidine groups is 1. The highest BCUT2D eigenvalue weighted by Gasteiger charge is 2.47. The van der Waals surface area contributed by atoms with Crippen LogP contribution in [0.2, 0.25) is 0 Å². The topological polar surface area (TPSA) is 33.6 Å². The summed E-state index contributed by atoms with van der Waals surface area (Å²) in [7, 11) is 0. The van der Waals surface area contributed by atoms with Crippen molar-refractivity contribution in [1.29, 1.82) is 0 Å². The molecule has 0 saturated carbocycles. The molecule has 7 heteroatoms. The van der Waals surface area contributed by atoms with Crippen molar-refractivity contribution >= 4 is 43.2 Å². The molecule has 2 aromatic rings. The first-order valence-electron chi connectivity index (χ1n) is 7.91. The Morgan fingerprint density at radius 2 is 1.72 bits per heavy atom. The summed E-state index contributed by atoms with van der Waals surface area (Å²) in [5.74, 6) is 0. The van der Waals surface area contributed by atoms with Gasteiger partial charge in [0.15, 0.2) is 11.9 Å². The van der Waals surface area contributed by atoms with Gasteiger partial charge in [-0.05, 0) is 24.3 Å². The van der Waals surface area contributed by atoms with Gasteiger partial charge in [0.05, 0.1) is 0 Å². The van der Waals surface area contributed by atoms with Crippen LogP contribution in [0.5, 0.6) is 0 Å². The summed E-state index contributed by atoms with van der Waals surface area (Å²) in [6.07, 6.45) is -0.0505. The second-order valence-corrected chi connectivity index (χ2v) is 7.66. The molecule has 0 aromatic heterocycles. The van der Waals surface area contributed by atoms with Gasteiger partial charge in [0, 0.05) is 27.9 Å². The maximum atomic E-state index is 4.06. The third-order valence-electron chi connectivity index (χ3n) is 4.06. The van der Waals surface area contributed by atoms with E-state index in [1.54, 1.807) is 11.4 Å². The fourth-order valence-corrected chi connectivity index (χ4v) is 4.23. The minimum absolute atomic E-state index is 0.0505. The molecular formula is C18H18BrN5S+2. The summed E-state index contributed by atoms with van der Waals surface area (Å²) >= 11 is 5.40. The Labute approximate surface area is 159 Å². The molecule has 0 radical (unpaired) electrons. The molecule has 2 aliphatic rings. The molecular weight excluding hydrogens is 398 g/mol. The predicted octanol–water partition coefficient (Wildman–Crippen LogP) is 2.91. The van der Waals surface area contributed by atoms with Crippen LogP contribution in [0.15, 0.2) is 72.9 Å². The van der Waals surface area contributed by atoms with E-state index >= 15 is 0 Å². The molecule has 0 bridgehead atoms. The van der Waals surface area contributed by atoms with Gasteiger partial charge in [-0.2, -0.15) is 5.32 Å². The van der Waals surface area contributed by atoms with Gasteiger partial charge < -0.3 is 0 Å². The number of hydrazone groups is 2. The van der Waals surface area contributed by atoms with Gasteiger partial charge >= 0.3 is 16.5 Å². The van der Waals surface area contributed by atoms with Crippen molar-refractivity contribution in [2.24, 2.45) is 0 Å². The number of halogens is 1. The van der Waals surface area contributed by atoms with E-state index in [2.05, 4.69) is 69.8 Å². The molecule has 0 aliphatic carbocycles. The van der Waals surface area contributed by atoms with Gasteiger partial charge in [-0.25, -0.2) is 5.43 Å². The number of rotatable bonds is 2. The molecule has 1 unspecified atom stereocenters. The summed E-state index contributed by atoms with van der Waals surface area (Å²) in [6.45, 7) is 6.13. The number of anilines is 1. The molecule has 0 amide bonds. The quantitative estimate of drug-likeness (QED) is 0.259. The van der Waals surface area contributed by atoms with Crippen LogP contribution in [0.3, 0.4) is 0 Å². The normalized spacial score (nSPS) is 23.4. The zero-order chi connectivity index (χ0) is 17.4. The van der Waals surface area contributed by atoms with Crippen LogP contribution in [-0.4, -0.2) is 18.9 Å². The molecule has 2 heterocycles. The van der Waals surface area contributed by atoms with E-state index in [0.29, 0.717) is 0 Å². The molecule has 25 heavy (non-hydrogen) atoms. The summed E-state index contributed by atoms with van der Waals surface area (Å²) in [4.78, 5) is 3.17. The van der Waals surface area contributed by atoms with Gasteiger partial charge in [-0.15, -0.1) is 5.12 Å². The summed E-state index contributed by atoms with van der Waals surface area (Å²) in [5.41, 5.74) is 6.68. The Kier molecular flexibility index (Phi) is 4.29. The average Bonchev–Trinajstić information content (AvgIpc) is 3.16. The first kappa shape index (κ1) is 16.3. The lowest BCUT2D eigenvalue weighted by molar-refractivity contribution is -0.585. The molecule has 4 rings (SSSR count). The van der Waals surface area contributed by atoms with E-state index in [-0.39, 0.29) is 6.17 Å². The van der Waals surface area contributed by atoms with Crippen molar-refractivity contribution in [3.05, 3.63) is 78.5 Å². The smallest absolute Gasteiger partial charge is 0.206 e. The second kappa shape index (κ2) is 6.59. The van der Waals surface area contributed by atoms with E-state index < -0.39 is 0 Å². The van der Waals surface area contributed by atoms with Gasteiger partial charge in [-0.3, -0.25) is 0 Å². The molecule has 5 nitrogen and oxygen atoms in total. The molecule has 126 valence electrons. The number of hydrogen-bond acceptors (Lipinski definition) is 3. The molecule has 1 fully saturated rings. The van der Waals surface area contributed by atoms with Crippen LogP contribution in [0.1, 0.15) is 18.7 Å². The molecule has 0 spiro atoms. The van der Waals surface area contributed by atoms with Gasteiger partial charge in [0.1, 0.15) is 5.69 Å². The number of hydrazine groups is 3. The Balaban J connectivity index is 1.81. The largest absolute Gasteiger partial charge is 0.588 e. The minimum Gasteiger partial charge on any atom is -0.206 e. The monoisotopic (exact) mass is 415 g/mol. The Morgan fingerprint density at radius 1 is 1.08 bits per heavy atom. The van der Waals surface area contributed by atoms with Crippen molar-refractivity contribution in [3.63, 3.8) is 0 Å². The summed E-state index contributed by atoms with van der Waals surface area (Å²) in [5, 5.41) is 6.38. The van der Waals surface area contributed by atoms with Crippen LogP contribution in [0, 0.1) is 0 Å². The van der Waals surface area contributed by atoms with Crippen molar-refractivity contribution in [1.82, 2.24) is 14.8 Å². The molecule has 2 aromatic carbocycles. The fraction of sp³-hybridized carbons (Fsp3) is 0.111. The van der Waals surface area contributed by atoms with Crippen LogP contribution < -0.4 is 15.9 Å². The number of hydrogen-bond donors (Lipinski definition) is 2. The zero-order valence-corrected chi connectivity index (χ0v) is 16.1. The lowest BCUT2D eigenvalue weighted by atomic mass is 10.2. The van der Waals surface area contributed by atoms with Crippen LogP contribution in [-0.2, 0) is 11.4 Å². The van der Waals surface area contributed by atoms with Gasteiger partial charge in [-0.1, -0.05) is 52.6 Å². The third-order valence-corrected chi connectivity index (χ3v) is 5.79. The third kappa shape index (κ3) is 2.95. The highest BCUT2D eigenvalue weighted by molar-refractivity contribution is 9.07. The Bertz CT molecular complexity index is 866. The number of para-hydroxylation sites is 1. The maximum Gasteiger partial charge on any atom is 0.588 e. The number of nitrogens with zero attached hydrogens (tertiary/aromatic N) is 3. The number of allylic oxidation sites excluding steroid dienone is 1. The average molecular weight is 416 g/mol. The van der Waals surface area contributed by atoms with Gasteiger partial charge in [0.2, 0.25) is 0 Å². The van der Waals surface area contributed by atoms with Crippen LogP contribution in [0.4, 0.5) is 5.69 Å². The van der Waals surface area contributed by atoms with E-state index in [0.717, 1.165) is 27.0 Å². The zero-order valence-electron chi connectivity index (χ0n) is 13.7. The Hall–Kier alpha value is -2.22.